The maximum atomic E-state index is 13.3. The molecule has 16 heavy (non-hydrogen) atoms. The Hall–Kier alpha value is -2.44. The second kappa shape index (κ2) is 3.61. The van der Waals surface area contributed by atoms with Gasteiger partial charge in [0.1, 0.15) is 5.69 Å². The van der Waals surface area contributed by atoms with Gasteiger partial charge >= 0.3 is 5.97 Å². The predicted molar refractivity (Wildman–Crippen MR) is 52.7 cm³/mol. The van der Waals surface area contributed by atoms with E-state index >= 15 is 0 Å². The number of anilines is 1. The number of hydrogen-bond acceptors (Lipinski definition) is 4. The minimum Gasteiger partial charge on any atom is -0.476 e. The van der Waals surface area contributed by atoms with E-state index in [-0.39, 0.29) is 17.1 Å². The van der Waals surface area contributed by atoms with Gasteiger partial charge in [0.05, 0.1) is 18.1 Å². The van der Waals surface area contributed by atoms with Crippen molar-refractivity contribution in [2.24, 2.45) is 0 Å². The normalized spacial score (nSPS) is 10.3. The molecule has 2 aromatic rings. The van der Waals surface area contributed by atoms with E-state index in [1.807, 2.05) is 0 Å². The number of carboxylic acids is 1. The first-order chi connectivity index (χ1) is 7.59. The molecule has 2 rings (SSSR count). The van der Waals surface area contributed by atoms with Gasteiger partial charge in [0.15, 0.2) is 11.5 Å². The summed E-state index contributed by atoms with van der Waals surface area (Å²) in [6.07, 6.45) is 3.62. The number of pyridine rings is 1. The number of rotatable bonds is 2. The molecular formula is C9H7FN4O2. The summed E-state index contributed by atoms with van der Waals surface area (Å²) in [4.78, 5) is 14.3. The Labute approximate surface area is 89.1 Å². The molecule has 0 amide bonds. The van der Waals surface area contributed by atoms with Crippen molar-refractivity contribution in [3.8, 4) is 5.69 Å². The SMILES string of the molecule is Nc1cn(-c2ccncc2F)nc1C(=O)O. The molecule has 0 fully saturated rings. The number of carboxylic acid groups (broad SMARTS) is 1. The first kappa shape index (κ1) is 10.1. The highest BCUT2D eigenvalue weighted by molar-refractivity contribution is 5.91. The predicted octanol–water partition coefficient (Wildman–Crippen LogP) is 0.687. The van der Waals surface area contributed by atoms with Crippen LogP contribution >= 0.6 is 0 Å². The second-order valence-electron chi connectivity index (χ2n) is 3.01. The number of halogens is 1. The molecule has 7 heteroatoms. The number of nitrogens with zero attached hydrogens (tertiary/aromatic N) is 3. The minimum absolute atomic E-state index is 0.0243. The molecule has 6 nitrogen and oxygen atoms in total. The number of hydrogen-bond donors (Lipinski definition) is 2. The lowest BCUT2D eigenvalue weighted by molar-refractivity contribution is 0.0691. The van der Waals surface area contributed by atoms with Gasteiger partial charge in [-0.05, 0) is 6.07 Å². The number of aromatic carboxylic acids is 1. The Morgan fingerprint density at radius 3 is 2.88 bits per heavy atom. The van der Waals surface area contributed by atoms with E-state index in [4.69, 9.17) is 10.8 Å². The molecule has 0 aliphatic rings. The Morgan fingerprint density at radius 2 is 2.31 bits per heavy atom. The zero-order valence-electron chi connectivity index (χ0n) is 7.96. The lowest BCUT2D eigenvalue weighted by Gasteiger charge is -2.00. The Balaban J connectivity index is 2.54. The van der Waals surface area contributed by atoms with Crippen LogP contribution < -0.4 is 5.73 Å². The van der Waals surface area contributed by atoms with E-state index in [1.54, 1.807) is 0 Å². The Morgan fingerprint density at radius 1 is 1.56 bits per heavy atom. The summed E-state index contributed by atoms with van der Waals surface area (Å²) in [5.41, 5.74) is 5.19. The molecule has 0 aromatic carbocycles. The molecule has 3 N–H and O–H groups in total. The van der Waals surface area contributed by atoms with Crippen LogP contribution in [0.5, 0.6) is 0 Å². The summed E-state index contributed by atoms with van der Waals surface area (Å²) in [6.45, 7) is 0. The summed E-state index contributed by atoms with van der Waals surface area (Å²) in [5, 5.41) is 12.4. The highest BCUT2D eigenvalue weighted by atomic mass is 19.1. The maximum absolute atomic E-state index is 13.3. The van der Waals surface area contributed by atoms with Crippen molar-refractivity contribution in [1.82, 2.24) is 14.8 Å². The van der Waals surface area contributed by atoms with Crippen molar-refractivity contribution in [3.05, 3.63) is 36.2 Å². The van der Waals surface area contributed by atoms with Gasteiger partial charge in [0.2, 0.25) is 0 Å². The molecule has 0 aliphatic carbocycles. The fraction of sp³-hybridized carbons (Fsp3) is 0. The van der Waals surface area contributed by atoms with Crippen molar-refractivity contribution in [2.45, 2.75) is 0 Å². The molecule has 0 aliphatic heterocycles. The molecule has 0 bridgehead atoms. The molecule has 2 heterocycles. The van der Waals surface area contributed by atoms with Gasteiger partial charge in [-0.25, -0.2) is 13.9 Å². The molecule has 0 unspecified atom stereocenters. The van der Waals surface area contributed by atoms with E-state index < -0.39 is 11.8 Å². The fourth-order valence-corrected chi connectivity index (χ4v) is 1.23. The van der Waals surface area contributed by atoms with Crippen molar-refractivity contribution in [1.29, 1.82) is 0 Å². The zero-order valence-corrected chi connectivity index (χ0v) is 7.96. The van der Waals surface area contributed by atoms with Gasteiger partial charge in [-0.2, -0.15) is 5.10 Å². The first-order valence-electron chi connectivity index (χ1n) is 4.28. The average Bonchev–Trinajstić information content (AvgIpc) is 2.61. The van der Waals surface area contributed by atoms with Crippen LogP contribution in [0.25, 0.3) is 5.69 Å². The van der Waals surface area contributed by atoms with E-state index in [2.05, 4.69) is 10.1 Å². The zero-order chi connectivity index (χ0) is 11.7. The number of nitrogen functional groups attached to an aromatic ring is 1. The molecule has 0 saturated heterocycles. The highest BCUT2D eigenvalue weighted by Crippen LogP contribution is 2.15. The fourth-order valence-electron chi connectivity index (χ4n) is 1.23. The van der Waals surface area contributed by atoms with Crippen molar-refractivity contribution >= 4 is 11.7 Å². The van der Waals surface area contributed by atoms with Crippen LogP contribution in [0.2, 0.25) is 0 Å². The van der Waals surface area contributed by atoms with Gasteiger partial charge in [-0.1, -0.05) is 0 Å². The number of nitrogens with two attached hydrogens (primary N) is 1. The standard InChI is InChI=1S/C9H7FN4O2/c10-5-3-12-2-1-7(5)14-4-6(11)8(13-14)9(15)16/h1-4H,11H2,(H,15,16). The first-order valence-corrected chi connectivity index (χ1v) is 4.28. The Kier molecular flexibility index (Phi) is 2.28. The van der Waals surface area contributed by atoms with Crippen LogP contribution in [0.15, 0.2) is 24.7 Å². The van der Waals surface area contributed by atoms with Crippen LogP contribution in [0.3, 0.4) is 0 Å². The van der Waals surface area contributed by atoms with Gasteiger partial charge < -0.3 is 10.8 Å². The van der Waals surface area contributed by atoms with Gasteiger partial charge in [-0.15, -0.1) is 0 Å². The van der Waals surface area contributed by atoms with Crippen molar-refractivity contribution < 1.29 is 14.3 Å². The van der Waals surface area contributed by atoms with Crippen molar-refractivity contribution in [3.63, 3.8) is 0 Å². The second-order valence-corrected chi connectivity index (χ2v) is 3.01. The molecule has 0 radical (unpaired) electrons. The summed E-state index contributed by atoms with van der Waals surface area (Å²) < 4.78 is 14.4. The quantitative estimate of drug-likeness (QED) is 0.779. The molecule has 0 spiro atoms. The lowest BCUT2D eigenvalue weighted by Crippen LogP contribution is -2.03. The molecule has 0 atom stereocenters. The lowest BCUT2D eigenvalue weighted by atomic mass is 10.4. The van der Waals surface area contributed by atoms with E-state index in [1.165, 1.54) is 18.5 Å². The topological polar surface area (TPSA) is 94.0 Å². The van der Waals surface area contributed by atoms with Gasteiger partial charge in [0, 0.05) is 6.20 Å². The third-order valence-corrected chi connectivity index (χ3v) is 1.94. The van der Waals surface area contributed by atoms with Gasteiger partial charge in [0.25, 0.3) is 0 Å². The summed E-state index contributed by atoms with van der Waals surface area (Å²) in [5.74, 6) is -1.87. The molecular weight excluding hydrogens is 215 g/mol. The summed E-state index contributed by atoms with van der Waals surface area (Å²) >= 11 is 0. The Bertz CT molecular complexity index is 552. The number of carbonyl (C=O) groups is 1. The van der Waals surface area contributed by atoms with E-state index in [0.29, 0.717) is 0 Å². The van der Waals surface area contributed by atoms with Crippen LogP contribution in [0, 0.1) is 5.82 Å². The van der Waals surface area contributed by atoms with E-state index in [0.717, 1.165) is 10.9 Å². The third-order valence-electron chi connectivity index (χ3n) is 1.94. The van der Waals surface area contributed by atoms with Gasteiger partial charge in [-0.3, -0.25) is 4.98 Å². The van der Waals surface area contributed by atoms with Crippen LogP contribution in [0.1, 0.15) is 10.5 Å². The third kappa shape index (κ3) is 1.58. The van der Waals surface area contributed by atoms with Crippen LogP contribution in [0.4, 0.5) is 10.1 Å². The highest BCUT2D eigenvalue weighted by Gasteiger charge is 2.15. The summed E-state index contributed by atoms with van der Waals surface area (Å²) in [7, 11) is 0. The largest absolute Gasteiger partial charge is 0.476 e. The van der Waals surface area contributed by atoms with Crippen LogP contribution in [-0.4, -0.2) is 25.8 Å². The summed E-state index contributed by atoms with van der Waals surface area (Å²) in [6, 6.07) is 1.37. The molecule has 82 valence electrons. The molecule has 0 saturated carbocycles. The maximum Gasteiger partial charge on any atom is 0.358 e. The minimum atomic E-state index is -1.26. The average molecular weight is 222 g/mol. The molecule has 2 aromatic heterocycles. The monoisotopic (exact) mass is 222 g/mol. The van der Waals surface area contributed by atoms with E-state index in [9.17, 15) is 9.18 Å². The smallest absolute Gasteiger partial charge is 0.358 e. The van der Waals surface area contributed by atoms with Crippen molar-refractivity contribution in [2.75, 3.05) is 5.73 Å². The number of aromatic nitrogens is 3. The van der Waals surface area contributed by atoms with Crippen LogP contribution in [-0.2, 0) is 0 Å².